The van der Waals surface area contributed by atoms with Gasteiger partial charge in [-0.25, -0.2) is 0 Å². The molecule has 0 spiro atoms. The van der Waals surface area contributed by atoms with Crippen molar-refractivity contribution in [2.24, 2.45) is 0 Å². The van der Waals surface area contributed by atoms with E-state index in [9.17, 15) is 10.0 Å². The zero-order valence-corrected chi connectivity index (χ0v) is 38.1. The van der Waals surface area contributed by atoms with E-state index in [1.165, 1.54) is 21.9 Å². The van der Waals surface area contributed by atoms with Gasteiger partial charge in [-0.1, -0.05) is 229 Å². The summed E-state index contributed by atoms with van der Waals surface area (Å²) in [5, 5.41) is 22.0. The minimum Gasteiger partial charge on any atom is -0.455 e. The van der Waals surface area contributed by atoms with Crippen LogP contribution in [0, 0.1) is 0 Å². The van der Waals surface area contributed by atoms with Crippen molar-refractivity contribution < 1.29 is 29.0 Å². The Kier molecular flexibility index (Phi) is 12.6. The van der Waals surface area contributed by atoms with Gasteiger partial charge in [-0.15, -0.1) is 0 Å². The van der Waals surface area contributed by atoms with E-state index in [0.717, 1.165) is 44.8 Å². The normalized spacial score (nSPS) is 11.7. The van der Waals surface area contributed by atoms with Crippen LogP contribution in [0.4, 0.5) is 0 Å². The number of hydrogen-bond donors (Lipinski definition) is 2. The molecular formula is C60H44B4O6. The molecule has 10 aromatic carbocycles. The molecule has 10 heteroatoms. The van der Waals surface area contributed by atoms with Crippen LogP contribution in [0.5, 0.6) is 46.0 Å². The topological polar surface area (TPSA) is 77.4 Å². The van der Waals surface area contributed by atoms with Gasteiger partial charge in [0, 0.05) is 0 Å². The predicted molar refractivity (Wildman–Crippen MR) is 289 cm³/mol. The van der Waals surface area contributed by atoms with Crippen molar-refractivity contribution in [3.8, 4) is 46.0 Å². The Hall–Kier alpha value is -8.42. The Balaban J connectivity index is 0.000000153. The number of benzene rings is 10. The third-order valence-electron chi connectivity index (χ3n) is 12.9. The average molecular weight is 904 g/mol. The van der Waals surface area contributed by atoms with Gasteiger partial charge in [-0.2, -0.15) is 0 Å². The third-order valence-corrected chi connectivity index (χ3v) is 12.9. The lowest BCUT2D eigenvalue weighted by atomic mass is 9.33. The van der Waals surface area contributed by atoms with Gasteiger partial charge in [0.25, 0.3) is 13.4 Å². The van der Waals surface area contributed by atoms with Gasteiger partial charge in [-0.3, -0.25) is 0 Å². The van der Waals surface area contributed by atoms with Gasteiger partial charge in [0.1, 0.15) is 23.0 Å². The Morgan fingerprint density at radius 1 is 0.300 bits per heavy atom. The highest BCUT2D eigenvalue weighted by Gasteiger charge is 2.40. The zero-order valence-electron chi connectivity index (χ0n) is 38.1. The van der Waals surface area contributed by atoms with Crippen molar-refractivity contribution in [1.29, 1.82) is 0 Å². The molecule has 0 radical (unpaired) electrons. The van der Waals surface area contributed by atoms with Gasteiger partial charge in [0.15, 0.2) is 23.0 Å². The van der Waals surface area contributed by atoms with Gasteiger partial charge in [-0.05, 0) is 80.1 Å². The van der Waals surface area contributed by atoms with Crippen LogP contribution in [0.25, 0.3) is 0 Å². The van der Waals surface area contributed by atoms with Gasteiger partial charge in [0.05, 0.1) is 0 Å². The summed E-state index contributed by atoms with van der Waals surface area (Å²) >= 11 is 0. The SMILES string of the molecule is OB(c1ccccc1)c1ccccc1Oc1ccccc1Oc1ccccc1B(O)c1ccccc1.c1ccc(B2c3ccccc3Oc3c2ccc2c3Oc3ccccc3B2c2ccccc2)cc1. The first-order chi connectivity index (χ1) is 34.6. The summed E-state index contributed by atoms with van der Waals surface area (Å²) in [7, 11) is 0. The molecule has 0 saturated heterocycles. The third kappa shape index (κ3) is 8.90. The molecule has 0 fully saturated rings. The van der Waals surface area contributed by atoms with Crippen LogP contribution < -0.4 is 73.6 Å². The first-order valence-electron chi connectivity index (χ1n) is 23.5. The molecule has 0 bridgehead atoms. The monoisotopic (exact) mass is 904 g/mol. The molecule has 0 amide bonds. The molecule has 2 aliphatic rings. The number of para-hydroxylation sites is 6. The Morgan fingerprint density at radius 3 is 1.01 bits per heavy atom. The number of fused-ring (bicyclic) bond motifs is 5. The van der Waals surface area contributed by atoms with Crippen molar-refractivity contribution in [2.75, 3.05) is 0 Å². The van der Waals surface area contributed by atoms with E-state index in [-0.39, 0.29) is 13.4 Å². The average Bonchev–Trinajstić information content (AvgIpc) is 3.43. The van der Waals surface area contributed by atoms with Crippen LogP contribution >= 0.6 is 0 Å². The Bertz CT molecular complexity index is 3170. The van der Waals surface area contributed by atoms with Crippen LogP contribution in [0.1, 0.15) is 0 Å². The van der Waals surface area contributed by atoms with Crippen molar-refractivity contribution in [1.82, 2.24) is 0 Å². The fraction of sp³-hybridized carbons (Fsp3) is 0. The van der Waals surface area contributed by atoms with E-state index in [1.54, 1.807) is 0 Å². The minimum absolute atomic E-state index is 0.0856. The maximum Gasteiger partial charge on any atom is 0.362 e. The fourth-order valence-corrected chi connectivity index (χ4v) is 9.53. The zero-order chi connectivity index (χ0) is 47.2. The summed E-state index contributed by atoms with van der Waals surface area (Å²) in [4.78, 5) is 0. The maximum absolute atomic E-state index is 11.0. The van der Waals surface area contributed by atoms with Crippen molar-refractivity contribution in [3.05, 3.63) is 255 Å². The molecule has 0 aromatic heterocycles. The van der Waals surface area contributed by atoms with E-state index < -0.39 is 13.8 Å². The van der Waals surface area contributed by atoms with Crippen LogP contribution in [-0.2, 0) is 0 Å². The molecule has 10 aromatic rings. The Labute approximate surface area is 409 Å². The molecule has 0 saturated carbocycles. The second-order valence-corrected chi connectivity index (χ2v) is 17.2. The lowest BCUT2D eigenvalue weighted by Gasteiger charge is -2.33. The van der Waals surface area contributed by atoms with Gasteiger partial charge >= 0.3 is 13.8 Å². The highest BCUT2D eigenvalue weighted by atomic mass is 16.5. The van der Waals surface area contributed by atoms with Crippen molar-refractivity contribution in [3.63, 3.8) is 0 Å². The van der Waals surface area contributed by atoms with E-state index in [0.29, 0.717) is 33.9 Å². The molecule has 6 nitrogen and oxygen atoms in total. The second-order valence-electron chi connectivity index (χ2n) is 17.2. The van der Waals surface area contributed by atoms with E-state index in [4.69, 9.17) is 18.9 Å². The fourth-order valence-electron chi connectivity index (χ4n) is 9.53. The number of hydrogen-bond acceptors (Lipinski definition) is 6. The van der Waals surface area contributed by atoms with Gasteiger partial charge < -0.3 is 29.0 Å². The van der Waals surface area contributed by atoms with Crippen LogP contribution in [-0.4, -0.2) is 37.3 Å². The summed E-state index contributed by atoms with van der Waals surface area (Å²) in [5.74, 6) is 5.46. The van der Waals surface area contributed by atoms with Crippen LogP contribution in [0.15, 0.2) is 255 Å². The van der Waals surface area contributed by atoms with Crippen molar-refractivity contribution in [2.45, 2.75) is 0 Å². The Morgan fingerprint density at radius 2 is 0.614 bits per heavy atom. The first-order valence-corrected chi connectivity index (χ1v) is 23.5. The maximum atomic E-state index is 11.0. The molecule has 0 aliphatic carbocycles. The molecule has 12 rings (SSSR count). The molecule has 0 unspecified atom stereocenters. The lowest BCUT2D eigenvalue weighted by molar-refractivity contribution is 0.421. The molecule has 0 atom stereocenters. The van der Waals surface area contributed by atoms with Crippen LogP contribution in [0.3, 0.4) is 0 Å². The highest BCUT2D eigenvalue weighted by Crippen LogP contribution is 2.37. The standard InChI is InChI=1S/C30H24B2O4.C30H20B2O2/c33-31(23-13-3-1-4-14-23)25-17-7-9-19-27(25)35-29-21-11-12-22-30(29)36-28-20-10-8-18-26(28)32(34)24-15-5-2-6-16-24;1-3-11-21(12-4-1)31-23-15-7-9-17-27(23)33-29-25(31)19-20-26-30(29)34-28-18-10-8-16-24(28)32(26)22-13-5-2-6-14-22/h1-22,33-34H;1-20H. The van der Waals surface area contributed by atoms with E-state index in [2.05, 4.69) is 109 Å². The molecule has 70 heavy (non-hydrogen) atoms. The highest BCUT2D eigenvalue weighted by molar-refractivity contribution is 6.98. The molecular weight excluding hydrogens is 860 g/mol. The largest absolute Gasteiger partial charge is 0.455 e. The number of ether oxygens (including phenoxy) is 4. The molecule has 332 valence electrons. The van der Waals surface area contributed by atoms with Gasteiger partial charge in [0.2, 0.25) is 0 Å². The minimum atomic E-state index is -0.836. The second kappa shape index (κ2) is 20.0. The van der Waals surface area contributed by atoms with E-state index in [1.807, 2.05) is 146 Å². The van der Waals surface area contributed by atoms with Crippen LogP contribution in [0.2, 0.25) is 0 Å². The molecule has 2 aliphatic heterocycles. The van der Waals surface area contributed by atoms with Crippen molar-refractivity contribution >= 4 is 81.9 Å². The summed E-state index contributed by atoms with van der Waals surface area (Å²) in [6.45, 7) is -1.50. The lowest BCUT2D eigenvalue weighted by Crippen LogP contribution is -2.58. The smallest absolute Gasteiger partial charge is 0.362 e. The first kappa shape index (κ1) is 44.1. The molecule has 2 heterocycles. The summed E-state index contributed by atoms with van der Waals surface area (Å²) in [5.41, 5.74) is 9.98. The number of rotatable bonds is 10. The predicted octanol–water partition coefficient (Wildman–Crippen LogP) is 6.40. The quantitative estimate of drug-likeness (QED) is 0.155. The summed E-state index contributed by atoms with van der Waals surface area (Å²) in [6.07, 6.45) is 0. The summed E-state index contributed by atoms with van der Waals surface area (Å²) in [6, 6.07) is 83.6. The van der Waals surface area contributed by atoms with E-state index >= 15 is 0 Å². The summed E-state index contributed by atoms with van der Waals surface area (Å²) < 4.78 is 25.8. The molecule has 2 N–H and O–H groups in total.